The maximum atomic E-state index is 4.42. The number of hydrogen-bond acceptors (Lipinski definition) is 3. The van der Waals surface area contributed by atoms with E-state index in [0.717, 1.165) is 31.9 Å². The molecule has 96 valence electrons. The smallest absolute Gasteiger partial charge is 0.0597 e. The lowest BCUT2D eigenvalue weighted by molar-refractivity contribution is 0.0614. The summed E-state index contributed by atoms with van der Waals surface area (Å²) in [5, 5.41) is 7.92. The van der Waals surface area contributed by atoms with E-state index < -0.39 is 0 Å². The van der Waals surface area contributed by atoms with Crippen LogP contribution in [0.3, 0.4) is 0 Å². The van der Waals surface area contributed by atoms with Crippen molar-refractivity contribution in [2.45, 2.75) is 39.3 Å². The number of nitrogens with one attached hydrogen (secondary N) is 1. The highest BCUT2D eigenvalue weighted by atomic mass is 15.3. The average Bonchev–Trinajstić information content (AvgIpc) is 2.61. The monoisotopic (exact) mass is 236 g/mol. The van der Waals surface area contributed by atoms with Crippen LogP contribution in [-0.2, 0) is 13.6 Å². The Morgan fingerprint density at radius 2 is 2.29 bits per heavy atom. The van der Waals surface area contributed by atoms with Crippen molar-refractivity contribution >= 4 is 0 Å². The number of hydrogen-bond donors (Lipinski definition) is 1. The summed E-state index contributed by atoms with van der Waals surface area (Å²) >= 11 is 0. The summed E-state index contributed by atoms with van der Waals surface area (Å²) in [6.45, 7) is 11.0. The minimum atomic E-state index is 0.274. The van der Waals surface area contributed by atoms with Crippen LogP contribution in [0.4, 0.5) is 0 Å². The average molecular weight is 236 g/mol. The predicted octanol–water partition coefficient (Wildman–Crippen LogP) is 1.30. The van der Waals surface area contributed by atoms with Crippen LogP contribution in [0.15, 0.2) is 6.07 Å². The third-order valence-electron chi connectivity index (χ3n) is 4.04. The molecule has 1 aromatic heterocycles. The second-order valence-electron chi connectivity index (χ2n) is 5.35. The summed E-state index contributed by atoms with van der Waals surface area (Å²) < 4.78 is 2.01. The molecule has 2 heterocycles. The molecule has 0 saturated carbocycles. The quantitative estimate of drug-likeness (QED) is 0.859. The van der Waals surface area contributed by atoms with Crippen molar-refractivity contribution in [2.24, 2.45) is 7.05 Å². The fraction of sp³-hybridized carbons (Fsp3) is 0.769. The van der Waals surface area contributed by atoms with Gasteiger partial charge in [-0.05, 0) is 26.3 Å². The van der Waals surface area contributed by atoms with Crippen molar-refractivity contribution in [2.75, 3.05) is 19.6 Å². The molecule has 4 nitrogen and oxygen atoms in total. The Balaban J connectivity index is 2.13. The number of aryl methyl sites for hydroxylation is 2. The van der Waals surface area contributed by atoms with E-state index >= 15 is 0 Å². The molecular weight excluding hydrogens is 212 g/mol. The van der Waals surface area contributed by atoms with Gasteiger partial charge in [0.05, 0.1) is 11.4 Å². The molecule has 1 fully saturated rings. The fourth-order valence-corrected chi connectivity index (χ4v) is 2.58. The van der Waals surface area contributed by atoms with E-state index in [2.05, 4.69) is 42.2 Å². The second-order valence-corrected chi connectivity index (χ2v) is 5.35. The van der Waals surface area contributed by atoms with Gasteiger partial charge >= 0.3 is 0 Å². The van der Waals surface area contributed by atoms with E-state index in [9.17, 15) is 0 Å². The summed E-state index contributed by atoms with van der Waals surface area (Å²) in [5.41, 5.74) is 2.69. The van der Waals surface area contributed by atoms with Crippen LogP contribution in [0.5, 0.6) is 0 Å². The topological polar surface area (TPSA) is 33.1 Å². The maximum Gasteiger partial charge on any atom is 0.0597 e. The molecule has 1 unspecified atom stereocenters. The van der Waals surface area contributed by atoms with Gasteiger partial charge in [0.25, 0.3) is 0 Å². The molecule has 1 aliphatic rings. The van der Waals surface area contributed by atoms with Crippen LogP contribution in [0, 0.1) is 6.92 Å². The van der Waals surface area contributed by atoms with Gasteiger partial charge in [-0.1, -0.05) is 6.92 Å². The van der Waals surface area contributed by atoms with Gasteiger partial charge in [0, 0.05) is 38.8 Å². The standard InChI is InChI=1S/C13H24N4/c1-5-13(3)10-14-6-7-17(13)9-12-8-11(2)15-16(12)4/h8,14H,5-7,9-10H2,1-4H3. The van der Waals surface area contributed by atoms with Crippen molar-refractivity contribution in [3.8, 4) is 0 Å². The number of aromatic nitrogens is 2. The lowest BCUT2D eigenvalue weighted by atomic mass is 9.94. The first kappa shape index (κ1) is 12.6. The Labute approximate surface area is 104 Å². The maximum absolute atomic E-state index is 4.42. The molecule has 0 aromatic carbocycles. The van der Waals surface area contributed by atoms with E-state index in [4.69, 9.17) is 0 Å². The van der Waals surface area contributed by atoms with Gasteiger partial charge in [-0.25, -0.2) is 0 Å². The normalized spacial score (nSPS) is 26.4. The largest absolute Gasteiger partial charge is 0.314 e. The molecule has 4 heteroatoms. The molecule has 0 amide bonds. The van der Waals surface area contributed by atoms with E-state index in [1.165, 1.54) is 12.1 Å². The van der Waals surface area contributed by atoms with E-state index in [1.807, 2.05) is 11.7 Å². The van der Waals surface area contributed by atoms with Crippen LogP contribution in [-0.4, -0.2) is 39.9 Å². The lowest BCUT2D eigenvalue weighted by Crippen LogP contribution is -2.58. The highest BCUT2D eigenvalue weighted by molar-refractivity contribution is 5.09. The fourth-order valence-electron chi connectivity index (χ4n) is 2.58. The molecule has 0 aliphatic carbocycles. The number of nitrogens with zero attached hydrogens (tertiary/aromatic N) is 3. The minimum Gasteiger partial charge on any atom is -0.314 e. The Bertz CT molecular complexity index is 385. The summed E-state index contributed by atoms with van der Waals surface area (Å²) in [4.78, 5) is 2.58. The third kappa shape index (κ3) is 2.53. The van der Waals surface area contributed by atoms with Crippen LogP contribution >= 0.6 is 0 Å². The zero-order chi connectivity index (χ0) is 12.5. The zero-order valence-corrected chi connectivity index (χ0v) is 11.5. The highest BCUT2D eigenvalue weighted by Crippen LogP contribution is 2.23. The molecule has 1 aliphatic heterocycles. The van der Waals surface area contributed by atoms with Gasteiger partial charge < -0.3 is 5.32 Å². The molecule has 1 aromatic rings. The summed E-state index contributed by atoms with van der Waals surface area (Å²) in [6, 6.07) is 2.19. The van der Waals surface area contributed by atoms with Gasteiger partial charge in [-0.3, -0.25) is 9.58 Å². The molecule has 0 radical (unpaired) electrons. The molecule has 2 rings (SSSR count). The summed E-state index contributed by atoms with van der Waals surface area (Å²) in [5.74, 6) is 0. The van der Waals surface area contributed by atoms with Crippen molar-refractivity contribution in [1.29, 1.82) is 0 Å². The van der Waals surface area contributed by atoms with Gasteiger partial charge in [-0.2, -0.15) is 5.10 Å². The Hall–Kier alpha value is -0.870. The van der Waals surface area contributed by atoms with Crippen LogP contribution in [0.1, 0.15) is 31.7 Å². The molecule has 0 spiro atoms. The number of rotatable bonds is 3. The van der Waals surface area contributed by atoms with Crippen molar-refractivity contribution in [3.05, 3.63) is 17.5 Å². The van der Waals surface area contributed by atoms with Crippen LogP contribution in [0.2, 0.25) is 0 Å². The van der Waals surface area contributed by atoms with Gasteiger partial charge in [0.2, 0.25) is 0 Å². The zero-order valence-electron chi connectivity index (χ0n) is 11.5. The molecule has 17 heavy (non-hydrogen) atoms. The van der Waals surface area contributed by atoms with Crippen LogP contribution in [0.25, 0.3) is 0 Å². The first-order valence-electron chi connectivity index (χ1n) is 6.50. The van der Waals surface area contributed by atoms with Crippen molar-refractivity contribution < 1.29 is 0 Å². The van der Waals surface area contributed by atoms with Crippen molar-refractivity contribution in [3.63, 3.8) is 0 Å². The first-order valence-corrected chi connectivity index (χ1v) is 6.50. The summed E-state index contributed by atoms with van der Waals surface area (Å²) in [7, 11) is 2.04. The lowest BCUT2D eigenvalue weighted by Gasteiger charge is -2.44. The Morgan fingerprint density at radius 3 is 2.88 bits per heavy atom. The van der Waals surface area contributed by atoms with E-state index in [-0.39, 0.29) is 5.54 Å². The van der Waals surface area contributed by atoms with E-state index in [0.29, 0.717) is 0 Å². The Morgan fingerprint density at radius 1 is 1.53 bits per heavy atom. The number of piperazine rings is 1. The molecular formula is C13H24N4. The van der Waals surface area contributed by atoms with Gasteiger partial charge in [0.15, 0.2) is 0 Å². The third-order valence-corrected chi connectivity index (χ3v) is 4.04. The molecule has 0 bridgehead atoms. The summed E-state index contributed by atoms with van der Waals surface area (Å²) in [6.07, 6.45) is 1.18. The van der Waals surface area contributed by atoms with Crippen molar-refractivity contribution in [1.82, 2.24) is 20.0 Å². The van der Waals surface area contributed by atoms with Crippen LogP contribution < -0.4 is 5.32 Å². The SMILES string of the molecule is CCC1(C)CNCCN1Cc1cc(C)nn1C. The minimum absolute atomic E-state index is 0.274. The molecule has 1 atom stereocenters. The highest BCUT2D eigenvalue weighted by Gasteiger charge is 2.32. The molecule has 1 N–H and O–H groups in total. The Kier molecular flexibility index (Phi) is 3.54. The van der Waals surface area contributed by atoms with Gasteiger partial charge in [-0.15, -0.1) is 0 Å². The predicted molar refractivity (Wildman–Crippen MR) is 69.9 cm³/mol. The first-order chi connectivity index (χ1) is 8.05. The second kappa shape index (κ2) is 4.78. The van der Waals surface area contributed by atoms with E-state index in [1.54, 1.807) is 0 Å². The molecule has 1 saturated heterocycles. The van der Waals surface area contributed by atoms with Gasteiger partial charge in [0.1, 0.15) is 0 Å².